The number of ether oxygens (including phenoxy) is 1. The van der Waals surface area contributed by atoms with Crippen molar-refractivity contribution in [3.8, 4) is 0 Å². The van der Waals surface area contributed by atoms with Crippen LogP contribution >= 0.6 is 11.6 Å². The van der Waals surface area contributed by atoms with Crippen LogP contribution in [0.15, 0.2) is 30.3 Å². The van der Waals surface area contributed by atoms with Crippen LogP contribution in [0.4, 0.5) is 0 Å². The second-order valence-electron chi connectivity index (χ2n) is 3.54. The molecule has 1 nitrogen and oxygen atoms in total. The van der Waals surface area contributed by atoms with Crippen LogP contribution in [0.1, 0.15) is 24.8 Å². The lowest BCUT2D eigenvalue weighted by molar-refractivity contribution is 0.106. The monoisotopic (exact) mass is 212 g/mol. The zero-order valence-electron chi connectivity index (χ0n) is 8.74. The number of halogens is 1. The smallest absolute Gasteiger partial charge is 0.0549 e. The van der Waals surface area contributed by atoms with Gasteiger partial charge < -0.3 is 4.74 Å². The van der Waals surface area contributed by atoms with Crippen LogP contribution in [0.2, 0.25) is 0 Å². The number of alkyl halides is 1. The first-order valence-electron chi connectivity index (χ1n) is 4.91. The van der Waals surface area contributed by atoms with Gasteiger partial charge in [-0.15, -0.1) is 11.6 Å². The maximum absolute atomic E-state index is 5.95. The molecule has 0 aliphatic heterocycles. The van der Waals surface area contributed by atoms with Gasteiger partial charge in [0.1, 0.15) is 0 Å². The molecule has 2 heteroatoms. The van der Waals surface area contributed by atoms with Gasteiger partial charge in [0, 0.05) is 13.0 Å². The molecule has 0 radical (unpaired) electrons. The third kappa shape index (κ3) is 3.32. The third-order valence-corrected chi connectivity index (χ3v) is 2.85. The summed E-state index contributed by atoms with van der Waals surface area (Å²) in [5.41, 5.74) is 1.30. The molecule has 0 bridgehead atoms. The van der Waals surface area contributed by atoms with E-state index in [1.54, 1.807) is 7.11 Å². The Bertz CT molecular complexity index is 248. The molecule has 78 valence electrons. The Morgan fingerprint density at radius 3 is 2.43 bits per heavy atom. The fourth-order valence-electron chi connectivity index (χ4n) is 1.51. The Morgan fingerprint density at radius 1 is 1.29 bits per heavy atom. The van der Waals surface area contributed by atoms with E-state index in [9.17, 15) is 0 Å². The fourth-order valence-corrected chi connectivity index (χ4v) is 1.81. The fraction of sp³-hybridized carbons (Fsp3) is 0.500. The Balaban J connectivity index is 2.63. The third-order valence-electron chi connectivity index (χ3n) is 2.48. The summed E-state index contributed by atoms with van der Waals surface area (Å²) < 4.78 is 5.25. The Labute approximate surface area is 91.0 Å². The highest BCUT2D eigenvalue weighted by atomic mass is 35.5. The Kier molecular flexibility index (Phi) is 4.99. The molecule has 1 rings (SSSR count). The zero-order valence-corrected chi connectivity index (χ0v) is 9.50. The minimum atomic E-state index is 0.263. The number of rotatable bonds is 5. The molecular formula is C12H17ClO. The van der Waals surface area contributed by atoms with Crippen molar-refractivity contribution in [1.82, 2.24) is 0 Å². The molecule has 2 atom stereocenters. The van der Waals surface area contributed by atoms with Gasteiger partial charge in [0.15, 0.2) is 0 Å². The number of methoxy groups -OCH3 is 1. The first-order valence-corrected chi connectivity index (χ1v) is 5.45. The highest BCUT2D eigenvalue weighted by Crippen LogP contribution is 2.23. The molecule has 1 aromatic rings. The summed E-state index contributed by atoms with van der Waals surface area (Å²) in [6, 6.07) is 10.4. The summed E-state index contributed by atoms with van der Waals surface area (Å²) in [5.74, 6) is 1.05. The van der Waals surface area contributed by atoms with Crippen LogP contribution < -0.4 is 0 Å². The largest absolute Gasteiger partial charge is 0.382 e. The lowest BCUT2D eigenvalue weighted by Crippen LogP contribution is -2.12. The molecule has 0 spiro atoms. The molecule has 14 heavy (non-hydrogen) atoms. The Hall–Kier alpha value is -0.530. The van der Waals surface area contributed by atoms with E-state index in [2.05, 4.69) is 19.1 Å². The first kappa shape index (κ1) is 11.5. The van der Waals surface area contributed by atoms with Crippen molar-refractivity contribution in [3.63, 3.8) is 0 Å². The van der Waals surface area contributed by atoms with Crippen molar-refractivity contribution in [2.75, 3.05) is 13.0 Å². The van der Waals surface area contributed by atoms with Crippen molar-refractivity contribution in [3.05, 3.63) is 35.9 Å². The van der Waals surface area contributed by atoms with Crippen LogP contribution in [0.25, 0.3) is 0 Å². The topological polar surface area (TPSA) is 9.23 Å². The summed E-state index contributed by atoms with van der Waals surface area (Å²) >= 11 is 5.95. The molecular weight excluding hydrogens is 196 g/mol. The van der Waals surface area contributed by atoms with Crippen LogP contribution in [-0.4, -0.2) is 19.1 Å². The maximum atomic E-state index is 5.95. The van der Waals surface area contributed by atoms with Crippen molar-refractivity contribution in [2.24, 2.45) is 0 Å². The van der Waals surface area contributed by atoms with E-state index >= 15 is 0 Å². The molecule has 2 unspecified atom stereocenters. The second kappa shape index (κ2) is 6.05. The molecule has 0 aliphatic carbocycles. The van der Waals surface area contributed by atoms with E-state index in [-0.39, 0.29) is 6.10 Å². The molecule has 0 heterocycles. The van der Waals surface area contributed by atoms with Gasteiger partial charge >= 0.3 is 0 Å². The first-order chi connectivity index (χ1) is 6.77. The van der Waals surface area contributed by atoms with E-state index in [0.717, 1.165) is 6.42 Å². The van der Waals surface area contributed by atoms with Crippen LogP contribution in [-0.2, 0) is 4.74 Å². The second-order valence-corrected chi connectivity index (χ2v) is 3.85. The number of benzene rings is 1. The molecule has 0 aliphatic rings. The van der Waals surface area contributed by atoms with E-state index in [4.69, 9.17) is 16.3 Å². The maximum Gasteiger partial charge on any atom is 0.0549 e. The molecule has 0 saturated heterocycles. The van der Waals surface area contributed by atoms with Gasteiger partial charge in [-0.25, -0.2) is 0 Å². The van der Waals surface area contributed by atoms with Gasteiger partial charge in [-0.3, -0.25) is 0 Å². The Morgan fingerprint density at radius 2 is 1.93 bits per heavy atom. The molecule has 0 saturated carbocycles. The molecule has 0 N–H and O–H groups in total. The van der Waals surface area contributed by atoms with Crippen molar-refractivity contribution in [2.45, 2.75) is 25.4 Å². The normalized spacial score (nSPS) is 15.1. The van der Waals surface area contributed by atoms with Gasteiger partial charge in [0.05, 0.1) is 6.10 Å². The standard InChI is InChI=1S/C12H17ClO/c1-10(14-2)8-12(9-13)11-6-4-3-5-7-11/h3-7,10,12H,8-9H2,1-2H3. The highest BCUT2D eigenvalue weighted by molar-refractivity contribution is 6.18. The van der Waals surface area contributed by atoms with E-state index in [1.165, 1.54) is 5.56 Å². The minimum absolute atomic E-state index is 0.263. The van der Waals surface area contributed by atoms with Gasteiger partial charge in [-0.2, -0.15) is 0 Å². The van der Waals surface area contributed by atoms with Gasteiger partial charge in [-0.05, 0) is 24.8 Å². The summed E-state index contributed by atoms with van der Waals surface area (Å²) in [6.07, 6.45) is 1.24. The molecule has 0 fully saturated rings. The SMILES string of the molecule is COC(C)CC(CCl)c1ccccc1. The van der Waals surface area contributed by atoms with Gasteiger partial charge in [0.25, 0.3) is 0 Å². The average Bonchev–Trinajstić information content (AvgIpc) is 2.26. The van der Waals surface area contributed by atoms with E-state index < -0.39 is 0 Å². The lowest BCUT2D eigenvalue weighted by atomic mass is 9.95. The summed E-state index contributed by atoms with van der Waals surface area (Å²) in [6.45, 7) is 2.07. The number of hydrogen-bond donors (Lipinski definition) is 0. The van der Waals surface area contributed by atoms with E-state index in [1.807, 2.05) is 18.2 Å². The van der Waals surface area contributed by atoms with Crippen LogP contribution in [0, 0.1) is 0 Å². The predicted molar refractivity (Wildman–Crippen MR) is 61.0 cm³/mol. The summed E-state index contributed by atoms with van der Waals surface area (Å²) in [5, 5.41) is 0. The highest BCUT2D eigenvalue weighted by Gasteiger charge is 2.13. The van der Waals surface area contributed by atoms with Gasteiger partial charge in [0.2, 0.25) is 0 Å². The average molecular weight is 213 g/mol. The van der Waals surface area contributed by atoms with Gasteiger partial charge in [-0.1, -0.05) is 30.3 Å². The van der Waals surface area contributed by atoms with Crippen molar-refractivity contribution in [1.29, 1.82) is 0 Å². The minimum Gasteiger partial charge on any atom is -0.382 e. The lowest BCUT2D eigenvalue weighted by Gasteiger charge is -2.18. The predicted octanol–water partition coefficient (Wildman–Crippen LogP) is 3.43. The summed E-state index contributed by atoms with van der Waals surface area (Å²) in [7, 11) is 1.74. The zero-order chi connectivity index (χ0) is 10.4. The number of hydrogen-bond acceptors (Lipinski definition) is 1. The van der Waals surface area contributed by atoms with Crippen LogP contribution in [0.3, 0.4) is 0 Å². The molecule has 0 aromatic heterocycles. The quantitative estimate of drug-likeness (QED) is 0.680. The van der Waals surface area contributed by atoms with Crippen molar-refractivity contribution >= 4 is 11.6 Å². The van der Waals surface area contributed by atoms with E-state index in [0.29, 0.717) is 11.8 Å². The van der Waals surface area contributed by atoms with Crippen molar-refractivity contribution < 1.29 is 4.74 Å². The summed E-state index contributed by atoms with van der Waals surface area (Å²) in [4.78, 5) is 0. The molecule has 0 amide bonds. The van der Waals surface area contributed by atoms with Crippen LogP contribution in [0.5, 0.6) is 0 Å². The molecule has 1 aromatic carbocycles.